The van der Waals surface area contributed by atoms with Crippen molar-refractivity contribution in [2.24, 2.45) is 20.5 Å². The topological polar surface area (TPSA) is 67.9 Å². The van der Waals surface area contributed by atoms with Gasteiger partial charge in [-0.3, -0.25) is 0 Å². The average Bonchev–Trinajstić information content (AvgIpc) is 3.28. The van der Waals surface area contributed by atoms with Crippen LogP contribution in [0.1, 0.15) is 49.9 Å². The zero-order chi connectivity index (χ0) is 40.6. The molecule has 9 aliphatic rings. The molecule has 0 aliphatic carbocycles. The first-order chi connectivity index (χ1) is 29.2. The number of hydrogen-bond donors (Lipinski definition) is 0. The van der Waals surface area contributed by atoms with Crippen molar-refractivity contribution in [2.45, 2.75) is 38.5 Å². The summed E-state index contributed by atoms with van der Waals surface area (Å²) >= 11 is 0. The Morgan fingerprint density at radius 1 is 0.283 bits per heavy atom. The van der Waals surface area contributed by atoms with E-state index in [-0.39, 0.29) is 10.8 Å². The molecule has 8 aromatic carbocycles. The summed E-state index contributed by atoms with van der Waals surface area (Å²) in [6.07, 6.45) is 0. The molecule has 0 N–H and O–H groups in total. The van der Waals surface area contributed by atoms with Crippen molar-refractivity contribution in [3.63, 3.8) is 0 Å². The van der Waals surface area contributed by atoms with E-state index in [0.717, 1.165) is 113 Å². The average molecular weight is 777 g/mol. The lowest BCUT2D eigenvalue weighted by Gasteiger charge is -2.36. The molecular weight excluding hydrogens is 737 g/mol. The van der Waals surface area contributed by atoms with E-state index in [1.165, 1.54) is 0 Å². The Morgan fingerprint density at radius 2 is 0.500 bits per heavy atom. The molecule has 0 amide bonds. The van der Waals surface area contributed by atoms with E-state index in [1.807, 2.05) is 48.5 Å². The molecule has 6 nitrogen and oxygen atoms in total. The molecule has 8 aromatic rings. The number of benzene rings is 8. The van der Waals surface area contributed by atoms with E-state index < -0.39 is 0 Å². The van der Waals surface area contributed by atoms with Crippen molar-refractivity contribution in [1.29, 1.82) is 0 Å². The Kier molecular flexibility index (Phi) is 8.07. The van der Waals surface area contributed by atoms with Crippen molar-refractivity contribution in [3.8, 4) is 67.5 Å². The minimum Gasteiger partial charge on any atom is -0.455 e. The normalized spacial score (nSPS) is 14.7. The molecule has 9 aliphatic heterocycles. The highest BCUT2D eigenvalue weighted by molar-refractivity contribution is 5.83. The molecular formula is C54H40N4O2. The predicted octanol–water partition coefficient (Wildman–Crippen LogP) is 16.4. The summed E-state index contributed by atoms with van der Waals surface area (Å²) in [5.41, 5.74) is 15.3. The first kappa shape index (κ1) is 35.7. The van der Waals surface area contributed by atoms with Gasteiger partial charge in [-0.15, -0.1) is 0 Å². The van der Waals surface area contributed by atoms with Crippen LogP contribution < -0.4 is 9.47 Å². The van der Waals surface area contributed by atoms with Gasteiger partial charge in [0.15, 0.2) is 0 Å². The van der Waals surface area contributed by atoms with Gasteiger partial charge in [0.1, 0.15) is 23.0 Å². The molecule has 6 heteroatoms. The van der Waals surface area contributed by atoms with Crippen molar-refractivity contribution >= 4 is 22.7 Å². The van der Waals surface area contributed by atoms with Gasteiger partial charge in [-0.25, -0.2) is 0 Å². The Morgan fingerprint density at radius 3 is 0.717 bits per heavy atom. The summed E-state index contributed by atoms with van der Waals surface area (Å²) in [4.78, 5) is 0. The van der Waals surface area contributed by atoms with Crippen LogP contribution in [0.4, 0.5) is 22.7 Å². The maximum atomic E-state index is 6.98. The molecule has 0 spiro atoms. The standard InChI is InChI=1S/C54H40N4O2/c1-53(2)45-13-5-9-41-33-17-25-37(26-18-33)55-57-39-29-21-35(22-30-39)43-11-7-15-47-51(43)60-52-44(12-8-16-48(52)54(47,3)4)36-23-31-40(32-24-36)58-56-38-27-19-34(20-28-38)42-10-6-14-46(53)50(42)59-49(41)45/h5-32H,1-4H3. The fourth-order valence-corrected chi connectivity index (χ4v) is 9.02. The first-order valence-corrected chi connectivity index (χ1v) is 20.4. The van der Waals surface area contributed by atoms with Crippen LogP contribution in [0, 0.1) is 0 Å². The summed E-state index contributed by atoms with van der Waals surface area (Å²) in [6.45, 7) is 9.09. The van der Waals surface area contributed by atoms with E-state index in [2.05, 4.69) is 169 Å². The monoisotopic (exact) mass is 776 g/mol. The number of para-hydroxylation sites is 4. The minimum absolute atomic E-state index is 0.295. The van der Waals surface area contributed by atoms with E-state index in [0.29, 0.717) is 0 Å². The summed E-state index contributed by atoms with van der Waals surface area (Å²) in [5, 5.41) is 18.5. The lowest BCUT2D eigenvalue weighted by Crippen LogP contribution is -2.25. The quantitative estimate of drug-likeness (QED) is 0.154. The summed E-state index contributed by atoms with van der Waals surface area (Å²) in [6, 6.07) is 58.5. The largest absolute Gasteiger partial charge is 0.455 e. The van der Waals surface area contributed by atoms with Crippen LogP contribution in [-0.2, 0) is 10.8 Å². The van der Waals surface area contributed by atoms with Gasteiger partial charge in [0.25, 0.3) is 0 Å². The Balaban J connectivity index is 1.04. The Labute approximate surface area is 349 Å². The third-order valence-corrected chi connectivity index (χ3v) is 12.4. The van der Waals surface area contributed by atoms with Gasteiger partial charge in [-0.1, -0.05) is 149 Å². The number of azo groups is 2. The second-order valence-corrected chi connectivity index (χ2v) is 16.8. The summed E-state index contributed by atoms with van der Waals surface area (Å²) in [5.74, 6) is 3.47. The number of nitrogens with zero attached hydrogens (tertiary/aromatic N) is 4. The maximum absolute atomic E-state index is 6.98. The molecule has 288 valence electrons. The third kappa shape index (κ3) is 5.78. The van der Waals surface area contributed by atoms with E-state index >= 15 is 0 Å². The highest BCUT2D eigenvalue weighted by Gasteiger charge is 2.38. The molecule has 9 heterocycles. The highest BCUT2D eigenvalue weighted by Crippen LogP contribution is 2.55. The molecule has 0 aromatic heterocycles. The van der Waals surface area contributed by atoms with Crippen LogP contribution in [0.5, 0.6) is 23.0 Å². The molecule has 60 heavy (non-hydrogen) atoms. The zero-order valence-electron chi connectivity index (χ0n) is 33.8. The number of ether oxygens (including phenoxy) is 2. The molecule has 0 unspecified atom stereocenters. The van der Waals surface area contributed by atoms with Crippen LogP contribution in [0.25, 0.3) is 44.5 Å². The molecule has 12 bridgehead atoms. The first-order valence-electron chi connectivity index (χ1n) is 20.4. The second-order valence-electron chi connectivity index (χ2n) is 16.8. The van der Waals surface area contributed by atoms with Crippen LogP contribution in [-0.4, -0.2) is 0 Å². The zero-order valence-corrected chi connectivity index (χ0v) is 33.8. The van der Waals surface area contributed by atoms with Gasteiger partial charge in [0.2, 0.25) is 0 Å². The summed E-state index contributed by atoms with van der Waals surface area (Å²) < 4.78 is 14.0. The lowest BCUT2D eigenvalue weighted by atomic mass is 9.74. The van der Waals surface area contributed by atoms with Gasteiger partial charge in [-0.2, -0.15) is 20.5 Å². The lowest BCUT2D eigenvalue weighted by molar-refractivity contribution is 0.421. The number of hydrogen-bond acceptors (Lipinski definition) is 6. The van der Waals surface area contributed by atoms with Gasteiger partial charge < -0.3 is 9.47 Å². The second kappa shape index (κ2) is 13.6. The third-order valence-electron chi connectivity index (χ3n) is 12.4. The van der Waals surface area contributed by atoms with E-state index in [4.69, 9.17) is 9.47 Å². The fourth-order valence-electron chi connectivity index (χ4n) is 9.02. The fraction of sp³-hybridized carbons (Fsp3) is 0.111. The van der Waals surface area contributed by atoms with Crippen molar-refractivity contribution in [2.75, 3.05) is 0 Å². The van der Waals surface area contributed by atoms with E-state index in [1.54, 1.807) is 0 Å². The van der Waals surface area contributed by atoms with Crippen molar-refractivity contribution < 1.29 is 9.47 Å². The predicted molar refractivity (Wildman–Crippen MR) is 240 cm³/mol. The van der Waals surface area contributed by atoms with Crippen molar-refractivity contribution in [1.82, 2.24) is 0 Å². The number of rotatable bonds is 0. The molecule has 0 fully saturated rings. The Hall–Kier alpha value is -7.44. The molecule has 0 saturated heterocycles. The molecule has 0 atom stereocenters. The van der Waals surface area contributed by atoms with Crippen LogP contribution in [0.3, 0.4) is 0 Å². The highest BCUT2D eigenvalue weighted by atomic mass is 16.5. The summed E-state index contributed by atoms with van der Waals surface area (Å²) in [7, 11) is 0. The van der Waals surface area contributed by atoms with Crippen LogP contribution in [0.2, 0.25) is 0 Å². The van der Waals surface area contributed by atoms with Crippen molar-refractivity contribution in [3.05, 3.63) is 192 Å². The molecule has 0 saturated carbocycles. The van der Waals surface area contributed by atoms with Gasteiger partial charge in [0, 0.05) is 55.3 Å². The van der Waals surface area contributed by atoms with Gasteiger partial charge in [-0.05, 0) is 70.8 Å². The minimum atomic E-state index is -0.295. The maximum Gasteiger partial charge on any atom is 0.139 e. The van der Waals surface area contributed by atoms with Crippen LogP contribution in [0.15, 0.2) is 190 Å². The van der Waals surface area contributed by atoms with Crippen LogP contribution >= 0.6 is 0 Å². The van der Waals surface area contributed by atoms with E-state index in [9.17, 15) is 0 Å². The Bertz CT molecular complexity index is 2640. The molecule has 0 radical (unpaired) electrons. The molecule has 17 rings (SSSR count). The van der Waals surface area contributed by atoms with Gasteiger partial charge in [0.05, 0.1) is 22.7 Å². The SMILES string of the molecule is CC1(C)c2cccc3c2Oc2c(cccc21)-c1ccc(cc1)N=Nc1ccc(cc1)-c1cccc2c1Oc1c(cccc1C2(C)C)-c1ccc(cc1)N=Nc1ccc-3cc1. The smallest absolute Gasteiger partial charge is 0.139 e. The van der Waals surface area contributed by atoms with Gasteiger partial charge >= 0.3 is 0 Å².